The van der Waals surface area contributed by atoms with E-state index in [-0.39, 0.29) is 0 Å². The molecule has 11 aromatic carbocycles. The molecule has 0 radical (unpaired) electrons. The van der Waals surface area contributed by atoms with Gasteiger partial charge in [0.1, 0.15) is 0 Å². The summed E-state index contributed by atoms with van der Waals surface area (Å²) in [5.41, 5.74) is 20.8. The summed E-state index contributed by atoms with van der Waals surface area (Å²) in [5, 5.41) is 2.49. The summed E-state index contributed by atoms with van der Waals surface area (Å²) in [6.45, 7) is 0. The molecule has 0 saturated carbocycles. The van der Waals surface area contributed by atoms with Crippen LogP contribution in [0.5, 0.6) is 0 Å². The van der Waals surface area contributed by atoms with Crippen LogP contribution in [0.25, 0.3) is 106 Å². The van der Waals surface area contributed by atoms with Crippen molar-refractivity contribution in [3.05, 3.63) is 279 Å². The first-order chi connectivity index (χ1) is 35.7. The Labute approximate surface area is 419 Å². The van der Waals surface area contributed by atoms with Gasteiger partial charge in [-0.1, -0.05) is 206 Å². The molecule has 13 rings (SSSR count). The van der Waals surface area contributed by atoms with Crippen molar-refractivity contribution in [2.75, 3.05) is 4.90 Å². The molecule has 0 aliphatic heterocycles. The van der Waals surface area contributed by atoms with E-state index in [1.165, 1.54) is 32.9 Å². The van der Waals surface area contributed by atoms with E-state index in [0.29, 0.717) is 0 Å². The highest BCUT2D eigenvalue weighted by Crippen LogP contribution is 2.42. The van der Waals surface area contributed by atoms with Gasteiger partial charge in [0.05, 0.1) is 33.5 Å². The van der Waals surface area contributed by atoms with Crippen LogP contribution >= 0.6 is 0 Å². The third-order valence-corrected chi connectivity index (χ3v) is 13.8. The zero-order chi connectivity index (χ0) is 47.8. The van der Waals surface area contributed by atoms with Crippen LogP contribution in [-0.2, 0) is 0 Å². The number of anilines is 3. The quantitative estimate of drug-likeness (QED) is 0.137. The fourth-order valence-corrected chi connectivity index (χ4v) is 10.3. The second kappa shape index (κ2) is 18.4. The molecule has 13 aromatic rings. The van der Waals surface area contributed by atoms with Crippen LogP contribution < -0.4 is 4.90 Å². The number of benzene rings is 11. The number of rotatable bonds is 10. The first-order valence-corrected chi connectivity index (χ1v) is 24.5. The Bertz CT molecular complexity index is 4000. The van der Waals surface area contributed by atoms with Crippen LogP contribution in [-0.4, -0.2) is 14.5 Å². The second-order valence-electron chi connectivity index (χ2n) is 18.1. The topological polar surface area (TPSA) is 34.0 Å². The van der Waals surface area contributed by atoms with Crippen molar-refractivity contribution >= 4 is 49.9 Å². The van der Waals surface area contributed by atoms with Gasteiger partial charge in [-0.05, 0) is 106 Å². The first kappa shape index (κ1) is 42.5. The van der Waals surface area contributed by atoms with Gasteiger partial charge in [-0.2, -0.15) is 0 Å². The van der Waals surface area contributed by atoms with E-state index < -0.39 is 0 Å². The molecule has 0 saturated heterocycles. The highest BCUT2D eigenvalue weighted by atomic mass is 15.1. The van der Waals surface area contributed by atoms with Crippen LogP contribution in [0.3, 0.4) is 0 Å². The lowest BCUT2D eigenvalue weighted by atomic mass is 9.93. The third kappa shape index (κ3) is 7.78. The molecule has 0 N–H and O–H groups in total. The van der Waals surface area contributed by atoms with Gasteiger partial charge in [0.2, 0.25) is 0 Å². The Morgan fingerprint density at radius 3 is 1.11 bits per heavy atom. The molecule has 4 heteroatoms. The van der Waals surface area contributed by atoms with Crippen LogP contribution in [0.2, 0.25) is 0 Å². The molecule has 2 heterocycles. The molecule has 0 amide bonds. The molecule has 0 aliphatic carbocycles. The summed E-state index contributed by atoms with van der Waals surface area (Å²) in [6, 6.07) is 99.2. The van der Waals surface area contributed by atoms with E-state index in [0.717, 1.165) is 89.7 Å². The zero-order valence-corrected chi connectivity index (χ0v) is 39.3. The van der Waals surface area contributed by atoms with E-state index in [1.807, 2.05) is 0 Å². The maximum atomic E-state index is 5.76. The Hall–Kier alpha value is -9.64. The minimum Gasteiger partial charge on any atom is -0.311 e. The summed E-state index contributed by atoms with van der Waals surface area (Å²) in [6.07, 6.45) is 0. The smallest absolute Gasteiger partial charge is 0.0979 e. The van der Waals surface area contributed by atoms with Gasteiger partial charge in [0, 0.05) is 55.8 Å². The van der Waals surface area contributed by atoms with Gasteiger partial charge < -0.3 is 9.47 Å². The normalized spacial score (nSPS) is 11.3. The lowest BCUT2D eigenvalue weighted by molar-refractivity contribution is 1.17. The average molecular weight is 919 g/mol. The fourth-order valence-electron chi connectivity index (χ4n) is 10.3. The Morgan fingerprint density at radius 2 is 0.625 bits per heavy atom. The molecule has 0 aliphatic rings. The number of fused-ring (bicyclic) bond motifs is 4. The van der Waals surface area contributed by atoms with Crippen molar-refractivity contribution in [2.24, 2.45) is 0 Å². The van der Waals surface area contributed by atoms with Gasteiger partial charge >= 0.3 is 0 Å². The summed E-state index contributed by atoms with van der Waals surface area (Å²) in [5.74, 6) is 0. The van der Waals surface area contributed by atoms with Crippen LogP contribution in [0, 0.1) is 0 Å². The van der Waals surface area contributed by atoms with Crippen molar-refractivity contribution in [1.82, 2.24) is 14.5 Å². The van der Waals surface area contributed by atoms with Crippen molar-refractivity contribution in [3.8, 4) is 72.7 Å². The lowest BCUT2D eigenvalue weighted by Crippen LogP contribution is -2.10. The number of nitrogens with zero attached hydrogens (tertiary/aromatic N) is 4. The van der Waals surface area contributed by atoms with Crippen LogP contribution in [0.15, 0.2) is 279 Å². The molecule has 0 fully saturated rings. The average Bonchev–Trinajstić information content (AvgIpc) is 3.80. The van der Waals surface area contributed by atoms with Crippen molar-refractivity contribution in [3.63, 3.8) is 0 Å². The van der Waals surface area contributed by atoms with E-state index >= 15 is 0 Å². The van der Waals surface area contributed by atoms with Gasteiger partial charge in [-0.25, -0.2) is 9.97 Å². The number of aromatic nitrogens is 3. The standard InChI is InChI=1S/C68H46N4/c1-5-19-47(20-6-1)51-25-17-27-53(45-51)59-43-44-60(54-28-18-26-52(46-54)48-21-7-2-8-22-48)68-67(59)69-65(49-23-9-3-10-24-49)66(70-68)50-35-37-56(38-36-50)71(55-29-11-4-12-30-55)57-39-41-58(42-40-57)72-63-33-15-13-31-61(63)62-32-14-16-34-64(62)72/h1-46H. The van der Waals surface area contributed by atoms with E-state index in [1.54, 1.807) is 0 Å². The number of para-hydroxylation sites is 3. The molecule has 0 bridgehead atoms. The summed E-state index contributed by atoms with van der Waals surface area (Å²) in [4.78, 5) is 13.8. The maximum Gasteiger partial charge on any atom is 0.0979 e. The maximum absolute atomic E-state index is 5.76. The highest BCUT2D eigenvalue weighted by Gasteiger charge is 2.21. The molecule has 338 valence electrons. The second-order valence-corrected chi connectivity index (χ2v) is 18.1. The lowest BCUT2D eigenvalue weighted by Gasteiger charge is -2.26. The predicted octanol–water partition coefficient (Wildman–Crippen LogP) is 18.2. The van der Waals surface area contributed by atoms with Gasteiger partial charge in [0.25, 0.3) is 0 Å². The van der Waals surface area contributed by atoms with E-state index in [2.05, 4.69) is 289 Å². The minimum absolute atomic E-state index is 0.817. The predicted molar refractivity (Wildman–Crippen MR) is 301 cm³/mol. The van der Waals surface area contributed by atoms with E-state index in [9.17, 15) is 0 Å². The molecule has 0 unspecified atom stereocenters. The molecule has 0 atom stereocenters. The Kier molecular flexibility index (Phi) is 10.8. The molecular formula is C68H46N4. The van der Waals surface area contributed by atoms with Crippen molar-refractivity contribution in [2.45, 2.75) is 0 Å². The van der Waals surface area contributed by atoms with Gasteiger partial charge in [-0.3, -0.25) is 0 Å². The summed E-state index contributed by atoms with van der Waals surface area (Å²) < 4.78 is 2.36. The Morgan fingerprint density at radius 1 is 0.264 bits per heavy atom. The monoisotopic (exact) mass is 918 g/mol. The first-order valence-electron chi connectivity index (χ1n) is 24.5. The number of hydrogen-bond acceptors (Lipinski definition) is 3. The SMILES string of the molecule is c1ccc(-c2cccc(-c3ccc(-c4cccc(-c5ccccc5)c4)c4nc(-c5ccc(N(c6ccccc6)c6ccc(-n7c8ccccc8c8ccccc87)cc6)cc5)c(-c5ccccc5)nc34)c2)cc1. The van der Waals surface area contributed by atoms with E-state index in [4.69, 9.17) is 9.97 Å². The van der Waals surface area contributed by atoms with Gasteiger partial charge in [-0.15, -0.1) is 0 Å². The number of hydrogen-bond donors (Lipinski definition) is 0. The third-order valence-electron chi connectivity index (χ3n) is 13.8. The molecule has 2 aromatic heterocycles. The molecule has 0 spiro atoms. The van der Waals surface area contributed by atoms with Gasteiger partial charge in [0.15, 0.2) is 0 Å². The largest absolute Gasteiger partial charge is 0.311 e. The molecular weight excluding hydrogens is 873 g/mol. The molecule has 72 heavy (non-hydrogen) atoms. The summed E-state index contributed by atoms with van der Waals surface area (Å²) in [7, 11) is 0. The minimum atomic E-state index is 0.817. The highest BCUT2D eigenvalue weighted by molar-refractivity contribution is 6.09. The molecule has 4 nitrogen and oxygen atoms in total. The zero-order valence-electron chi connectivity index (χ0n) is 39.3. The van der Waals surface area contributed by atoms with Crippen LogP contribution in [0.1, 0.15) is 0 Å². The fraction of sp³-hybridized carbons (Fsp3) is 0. The summed E-state index contributed by atoms with van der Waals surface area (Å²) >= 11 is 0. The van der Waals surface area contributed by atoms with Crippen LogP contribution in [0.4, 0.5) is 17.1 Å². The van der Waals surface area contributed by atoms with Crippen molar-refractivity contribution in [1.29, 1.82) is 0 Å². The Balaban J connectivity index is 0.962. The van der Waals surface area contributed by atoms with Crippen molar-refractivity contribution < 1.29 is 0 Å².